The summed E-state index contributed by atoms with van der Waals surface area (Å²) in [6.07, 6.45) is -0.124. The van der Waals surface area contributed by atoms with Crippen LogP contribution in [0.4, 0.5) is 0 Å². The van der Waals surface area contributed by atoms with E-state index in [9.17, 15) is 14.7 Å². The van der Waals surface area contributed by atoms with E-state index in [2.05, 4.69) is 10.4 Å². The van der Waals surface area contributed by atoms with Crippen LogP contribution in [0, 0.1) is 5.41 Å². The third-order valence-electron chi connectivity index (χ3n) is 3.98. The first kappa shape index (κ1) is 13.8. The van der Waals surface area contributed by atoms with E-state index in [4.69, 9.17) is 0 Å². The molecule has 1 aliphatic rings. The van der Waals surface area contributed by atoms with Crippen molar-refractivity contribution in [2.24, 2.45) is 5.41 Å². The Balaban J connectivity index is 2.28. The maximum absolute atomic E-state index is 12.5. The summed E-state index contributed by atoms with van der Waals surface area (Å²) in [5.41, 5.74) is 0.760. The third kappa shape index (κ3) is 1.94. The molecule has 0 bridgehead atoms. The number of carbonyl (C=O) groups is 1. The number of carbonyl (C=O) groups excluding carboxylic acids is 1. The molecule has 0 spiro atoms. The quantitative estimate of drug-likeness (QED) is 0.762. The van der Waals surface area contributed by atoms with Gasteiger partial charge in [-0.3, -0.25) is 15.0 Å². The van der Waals surface area contributed by atoms with E-state index < -0.39 is 11.1 Å². The smallest absolute Gasteiger partial charge is 0.280 e. The molecule has 2 N–H and O–H groups in total. The van der Waals surface area contributed by atoms with Gasteiger partial charge in [-0.25, -0.2) is 4.98 Å². The molecule has 2 heterocycles. The van der Waals surface area contributed by atoms with E-state index in [0.29, 0.717) is 10.9 Å². The standard InChI is InChI=1S/C15H17N3O3/c1-14(2,3)15(21)8-11(19)12-16-10-7-5-4-6-9(10)13(20)18(12)17-15/h4-7,17,21H,8H2,1-3H3/t15-/m0/s1. The molecule has 0 unspecified atom stereocenters. The van der Waals surface area contributed by atoms with Gasteiger partial charge in [-0.1, -0.05) is 32.9 Å². The van der Waals surface area contributed by atoms with Crippen molar-refractivity contribution in [1.29, 1.82) is 0 Å². The van der Waals surface area contributed by atoms with Crippen LogP contribution in [0.1, 0.15) is 37.8 Å². The Morgan fingerprint density at radius 3 is 2.62 bits per heavy atom. The summed E-state index contributed by atoms with van der Waals surface area (Å²) in [7, 11) is 0. The van der Waals surface area contributed by atoms with Crippen molar-refractivity contribution in [3.63, 3.8) is 0 Å². The number of nitrogens with zero attached hydrogens (tertiary/aromatic N) is 2. The number of nitrogens with one attached hydrogen (secondary N) is 1. The van der Waals surface area contributed by atoms with Crippen LogP contribution in [-0.4, -0.2) is 26.3 Å². The Bertz CT molecular complexity index is 804. The van der Waals surface area contributed by atoms with Crippen molar-refractivity contribution in [1.82, 2.24) is 9.66 Å². The second kappa shape index (κ2) is 4.14. The van der Waals surface area contributed by atoms with Crippen LogP contribution in [-0.2, 0) is 0 Å². The second-order valence-corrected chi connectivity index (χ2v) is 6.42. The van der Waals surface area contributed by atoms with E-state index in [-0.39, 0.29) is 23.6 Å². The maximum atomic E-state index is 12.5. The number of hydrogen-bond acceptors (Lipinski definition) is 5. The lowest BCUT2D eigenvalue weighted by molar-refractivity contribution is -0.0490. The molecule has 3 rings (SSSR count). The molecule has 110 valence electrons. The Hall–Kier alpha value is -2.21. The Morgan fingerprint density at radius 1 is 1.29 bits per heavy atom. The lowest BCUT2D eigenvalue weighted by Gasteiger charge is -2.43. The predicted molar refractivity (Wildman–Crippen MR) is 78.7 cm³/mol. The SMILES string of the molecule is CC(C)(C)[C@@]1(O)CC(=O)c2nc3ccccc3c(=O)n2N1. The number of aromatic nitrogens is 2. The summed E-state index contributed by atoms with van der Waals surface area (Å²) in [5, 5.41) is 11.1. The highest BCUT2D eigenvalue weighted by atomic mass is 16.3. The van der Waals surface area contributed by atoms with Gasteiger partial charge in [0.15, 0.2) is 11.5 Å². The van der Waals surface area contributed by atoms with Crippen molar-refractivity contribution < 1.29 is 9.90 Å². The molecule has 1 aromatic carbocycles. The van der Waals surface area contributed by atoms with Crippen molar-refractivity contribution >= 4 is 16.7 Å². The number of aliphatic hydroxyl groups is 1. The number of rotatable bonds is 0. The lowest BCUT2D eigenvalue weighted by Crippen LogP contribution is -2.60. The minimum absolute atomic E-state index is 0.0348. The average Bonchev–Trinajstić information content (AvgIpc) is 2.39. The molecule has 0 amide bonds. The highest BCUT2D eigenvalue weighted by Gasteiger charge is 2.46. The molecule has 0 saturated carbocycles. The topological polar surface area (TPSA) is 84.2 Å². The highest BCUT2D eigenvalue weighted by Crippen LogP contribution is 2.34. The van der Waals surface area contributed by atoms with Gasteiger partial charge in [0, 0.05) is 5.41 Å². The zero-order valence-electron chi connectivity index (χ0n) is 12.2. The molecule has 0 radical (unpaired) electrons. The van der Waals surface area contributed by atoms with E-state index in [1.165, 1.54) is 0 Å². The number of para-hydroxylation sites is 1. The molecule has 21 heavy (non-hydrogen) atoms. The summed E-state index contributed by atoms with van der Waals surface area (Å²) in [4.78, 5) is 29.1. The normalized spacial score (nSPS) is 22.0. The fourth-order valence-corrected chi connectivity index (χ4v) is 2.39. The van der Waals surface area contributed by atoms with Crippen LogP contribution < -0.4 is 11.0 Å². The molecule has 1 aromatic heterocycles. The van der Waals surface area contributed by atoms with Crippen LogP contribution >= 0.6 is 0 Å². The fraction of sp³-hybridized carbons (Fsp3) is 0.400. The van der Waals surface area contributed by atoms with Crippen LogP contribution in [0.3, 0.4) is 0 Å². The first-order chi connectivity index (χ1) is 9.73. The average molecular weight is 287 g/mol. The molecule has 2 aromatic rings. The molecular weight excluding hydrogens is 270 g/mol. The molecule has 6 nitrogen and oxygen atoms in total. The lowest BCUT2D eigenvalue weighted by atomic mass is 9.79. The molecular formula is C15H17N3O3. The van der Waals surface area contributed by atoms with Crippen LogP contribution in [0.5, 0.6) is 0 Å². The van der Waals surface area contributed by atoms with Gasteiger partial charge in [-0.15, -0.1) is 0 Å². The molecule has 6 heteroatoms. The van der Waals surface area contributed by atoms with Crippen LogP contribution in [0.25, 0.3) is 10.9 Å². The molecule has 1 aliphatic heterocycles. The Kier molecular flexibility index (Phi) is 2.71. The number of fused-ring (bicyclic) bond motifs is 2. The van der Waals surface area contributed by atoms with Gasteiger partial charge in [-0.2, -0.15) is 4.68 Å². The number of ketones is 1. The molecule has 0 aliphatic carbocycles. The van der Waals surface area contributed by atoms with Crippen LogP contribution in [0.15, 0.2) is 29.1 Å². The molecule has 0 saturated heterocycles. The minimum Gasteiger partial charge on any atom is -0.369 e. The monoisotopic (exact) mass is 287 g/mol. The number of hydrogen-bond donors (Lipinski definition) is 2. The van der Waals surface area contributed by atoms with E-state index >= 15 is 0 Å². The second-order valence-electron chi connectivity index (χ2n) is 6.42. The summed E-state index contributed by atoms with van der Waals surface area (Å²) in [6, 6.07) is 6.83. The summed E-state index contributed by atoms with van der Waals surface area (Å²) < 4.78 is 1.07. The Morgan fingerprint density at radius 2 is 1.95 bits per heavy atom. The van der Waals surface area contributed by atoms with Gasteiger partial charge in [0.25, 0.3) is 5.56 Å². The van der Waals surface area contributed by atoms with Crippen molar-refractivity contribution in [2.75, 3.05) is 5.43 Å². The summed E-state index contributed by atoms with van der Waals surface area (Å²) in [6.45, 7) is 5.41. The highest BCUT2D eigenvalue weighted by molar-refractivity contribution is 5.96. The third-order valence-corrected chi connectivity index (χ3v) is 3.98. The van der Waals surface area contributed by atoms with Crippen molar-refractivity contribution in [2.45, 2.75) is 32.9 Å². The first-order valence-electron chi connectivity index (χ1n) is 6.78. The Labute approximate surface area is 121 Å². The maximum Gasteiger partial charge on any atom is 0.280 e. The van der Waals surface area contributed by atoms with Gasteiger partial charge in [0.2, 0.25) is 5.78 Å². The predicted octanol–water partition coefficient (Wildman–Crippen LogP) is 1.26. The van der Waals surface area contributed by atoms with Crippen LogP contribution in [0.2, 0.25) is 0 Å². The van der Waals surface area contributed by atoms with E-state index in [1.807, 2.05) is 0 Å². The van der Waals surface area contributed by atoms with Crippen molar-refractivity contribution in [3.8, 4) is 0 Å². The van der Waals surface area contributed by atoms with Gasteiger partial charge in [-0.05, 0) is 12.1 Å². The minimum atomic E-state index is -1.49. The van der Waals surface area contributed by atoms with Gasteiger partial charge in [0.1, 0.15) is 0 Å². The van der Waals surface area contributed by atoms with Crippen molar-refractivity contribution in [3.05, 3.63) is 40.4 Å². The van der Waals surface area contributed by atoms with E-state index in [0.717, 1.165) is 4.68 Å². The van der Waals surface area contributed by atoms with E-state index in [1.54, 1.807) is 45.0 Å². The first-order valence-corrected chi connectivity index (χ1v) is 6.78. The molecule has 1 atom stereocenters. The molecule has 0 fully saturated rings. The zero-order chi connectivity index (χ0) is 15.4. The van der Waals surface area contributed by atoms with Gasteiger partial charge < -0.3 is 5.11 Å². The van der Waals surface area contributed by atoms with Gasteiger partial charge in [0.05, 0.1) is 17.3 Å². The van der Waals surface area contributed by atoms with Gasteiger partial charge >= 0.3 is 0 Å². The fourth-order valence-electron chi connectivity index (χ4n) is 2.39. The largest absolute Gasteiger partial charge is 0.369 e. The summed E-state index contributed by atoms with van der Waals surface area (Å²) >= 11 is 0. The summed E-state index contributed by atoms with van der Waals surface area (Å²) in [5.74, 6) is -0.318. The zero-order valence-corrected chi connectivity index (χ0v) is 12.2. The number of benzene rings is 1. The number of Topliss-reactive ketones (excluding diaryl/α,β-unsaturated/α-hetero) is 1.